The second kappa shape index (κ2) is 6.06. The number of halogens is 1. The van der Waals surface area contributed by atoms with Gasteiger partial charge in [0.2, 0.25) is 11.8 Å². The van der Waals surface area contributed by atoms with Crippen LogP contribution in [0.2, 0.25) is 0 Å². The Morgan fingerprint density at radius 3 is 2.50 bits per heavy atom. The van der Waals surface area contributed by atoms with E-state index in [1.807, 2.05) is 6.92 Å². The SMILES string of the molecule is CN(C)C(=O)CNC(=O)C1(C)CCNC1.Cl. The number of likely N-dealkylation sites (N-methyl/N-ethyl adjacent to an activating group) is 1. The summed E-state index contributed by atoms with van der Waals surface area (Å²) in [6, 6.07) is 0. The molecule has 1 rings (SSSR count). The molecule has 1 saturated heterocycles. The zero-order chi connectivity index (χ0) is 11.5. The van der Waals surface area contributed by atoms with Crippen LogP contribution in [0.25, 0.3) is 0 Å². The number of hydrogen-bond donors (Lipinski definition) is 2. The molecule has 6 heteroatoms. The first-order valence-electron chi connectivity index (χ1n) is 5.15. The van der Waals surface area contributed by atoms with Crippen LogP contribution in [0.5, 0.6) is 0 Å². The first-order valence-corrected chi connectivity index (χ1v) is 5.15. The molecule has 1 aliphatic rings. The second-order valence-corrected chi connectivity index (χ2v) is 4.46. The van der Waals surface area contributed by atoms with Gasteiger partial charge in [0.15, 0.2) is 0 Å². The molecule has 1 aliphatic heterocycles. The van der Waals surface area contributed by atoms with Crippen LogP contribution in [0, 0.1) is 5.41 Å². The number of amides is 2. The van der Waals surface area contributed by atoms with Crippen LogP contribution in [0.1, 0.15) is 13.3 Å². The summed E-state index contributed by atoms with van der Waals surface area (Å²) in [6.07, 6.45) is 0.828. The van der Waals surface area contributed by atoms with E-state index in [1.165, 1.54) is 4.90 Å². The van der Waals surface area contributed by atoms with Gasteiger partial charge in [-0.05, 0) is 19.9 Å². The highest BCUT2D eigenvalue weighted by atomic mass is 35.5. The van der Waals surface area contributed by atoms with E-state index in [0.29, 0.717) is 6.54 Å². The van der Waals surface area contributed by atoms with Crippen molar-refractivity contribution in [3.05, 3.63) is 0 Å². The van der Waals surface area contributed by atoms with Gasteiger partial charge in [0.05, 0.1) is 12.0 Å². The van der Waals surface area contributed by atoms with Crippen molar-refractivity contribution < 1.29 is 9.59 Å². The summed E-state index contributed by atoms with van der Waals surface area (Å²) in [6.45, 7) is 3.56. The Kier molecular flexibility index (Phi) is 5.75. The number of rotatable bonds is 3. The molecule has 2 N–H and O–H groups in total. The summed E-state index contributed by atoms with van der Waals surface area (Å²) >= 11 is 0. The summed E-state index contributed by atoms with van der Waals surface area (Å²) in [5.74, 6) is -0.124. The maximum Gasteiger partial charge on any atom is 0.241 e. The van der Waals surface area contributed by atoms with E-state index < -0.39 is 0 Å². The molecule has 1 atom stereocenters. The quantitative estimate of drug-likeness (QED) is 0.716. The van der Waals surface area contributed by atoms with Crippen molar-refractivity contribution in [2.45, 2.75) is 13.3 Å². The molecule has 0 saturated carbocycles. The van der Waals surface area contributed by atoms with Gasteiger partial charge >= 0.3 is 0 Å². The highest BCUT2D eigenvalue weighted by molar-refractivity contribution is 5.87. The Hall–Kier alpha value is -0.810. The average molecular weight is 250 g/mol. The third-order valence-electron chi connectivity index (χ3n) is 2.82. The standard InChI is InChI=1S/C10H19N3O2.ClH/c1-10(4-5-11-7-10)9(15)12-6-8(14)13(2)3;/h11H,4-7H2,1-3H3,(H,12,15);1H. The third-order valence-corrected chi connectivity index (χ3v) is 2.82. The van der Waals surface area contributed by atoms with Gasteiger partial charge in [-0.3, -0.25) is 9.59 Å². The van der Waals surface area contributed by atoms with Crippen molar-refractivity contribution in [2.75, 3.05) is 33.7 Å². The summed E-state index contributed by atoms with van der Waals surface area (Å²) in [5, 5.41) is 5.82. The number of carbonyl (C=O) groups excluding carboxylic acids is 2. The van der Waals surface area contributed by atoms with E-state index in [4.69, 9.17) is 0 Å². The zero-order valence-corrected chi connectivity index (χ0v) is 10.8. The average Bonchev–Trinajstić information content (AvgIpc) is 2.62. The Morgan fingerprint density at radius 1 is 1.44 bits per heavy atom. The van der Waals surface area contributed by atoms with Gasteiger partial charge in [-0.15, -0.1) is 12.4 Å². The van der Waals surface area contributed by atoms with Crippen LogP contribution in [-0.4, -0.2) is 50.4 Å². The molecule has 16 heavy (non-hydrogen) atoms. The van der Waals surface area contributed by atoms with Crippen molar-refractivity contribution >= 4 is 24.2 Å². The van der Waals surface area contributed by atoms with Crippen LogP contribution in [-0.2, 0) is 9.59 Å². The fourth-order valence-corrected chi connectivity index (χ4v) is 1.54. The summed E-state index contributed by atoms with van der Waals surface area (Å²) in [5.41, 5.74) is -0.355. The predicted molar refractivity (Wildman–Crippen MR) is 64.5 cm³/mol. The van der Waals surface area contributed by atoms with Crippen LogP contribution in [0.3, 0.4) is 0 Å². The van der Waals surface area contributed by atoms with Crippen molar-refractivity contribution in [1.82, 2.24) is 15.5 Å². The largest absolute Gasteiger partial charge is 0.347 e. The lowest BCUT2D eigenvalue weighted by atomic mass is 9.89. The maximum absolute atomic E-state index is 11.8. The molecule has 5 nitrogen and oxygen atoms in total. The highest BCUT2D eigenvalue weighted by Crippen LogP contribution is 2.24. The van der Waals surface area contributed by atoms with E-state index in [1.54, 1.807) is 14.1 Å². The maximum atomic E-state index is 11.8. The van der Waals surface area contributed by atoms with Gasteiger partial charge in [0, 0.05) is 20.6 Å². The van der Waals surface area contributed by atoms with Crippen LogP contribution >= 0.6 is 12.4 Å². The minimum atomic E-state index is -0.355. The molecule has 1 fully saturated rings. The first kappa shape index (κ1) is 15.2. The summed E-state index contributed by atoms with van der Waals surface area (Å²) in [4.78, 5) is 24.5. The van der Waals surface area contributed by atoms with Gasteiger partial charge in [-0.2, -0.15) is 0 Å². The molecule has 0 aromatic rings. The normalized spacial score (nSPS) is 23.4. The van der Waals surface area contributed by atoms with Gasteiger partial charge in [-0.1, -0.05) is 0 Å². The Balaban J connectivity index is 0.00000225. The molecule has 0 aliphatic carbocycles. The van der Waals surface area contributed by atoms with Crippen molar-refractivity contribution in [1.29, 1.82) is 0 Å². The molecule has 0 aromatic heterocycles. The van der Waals surface area contributed by atoms with Crippen molar-refractivity contribution in [3.63, 3.8) is 0 Å². The van der Waals surface area contributed by atoms with Crippen molar-refractivity contribution in [3.8, 4) is 0 Å². The number of nitrogens with zero attached hydrogens (tertiary/aromatic N) is 1. The smallest absolute Gasteiger partial charge is 0.241 e. The number of hydrogen-bond acceptors (Lipinski definition) is 3. The van der Waals surface area contributed by atoms with E-state index in [-0.39, 0.29) is 36.2 Å². The molecule has 2 amide bonds. The van der Waals surface area contributed by atoms with Crippen molar-refractivity contribution in [2.24, 2.45) is 5.41 Å². The molecule has 1 unspecified atom stereocenters. The lowest BCUT2D eigenvalue weighted by Crippen LogP contribution is -2.44. The fraction of sp³-hybridized carbons (Fsp3) is 0.800. The van der Waals surface area contributed by atoms with E-state index in [2.05, 4.69) is 10.6 Å². The number of carbonyl (C=O) groups is 2. The zero-order valence-electron chi connectivity index (χ0n) is 10.0. The fourth-order valence-electron chi connectivity index (χ4n) is 1.54. The second-order valence-electron chi connectivity index (χ2n) is 4.46. The Morgan fingerprint density at radius 2 is 2.06 bits per heavy atom. The minimum absolute atomic E-state index is 0. The van der Waals surface area contributed by atoms with Gasteiger partial charge in [0.25, 0.3) is 0 Å². The molecule has 1 heterocycles. The molecule has 0 spiro atoms. The van der Waals surface area contributed by atoms with Crippen LogP contribution in [0.15, 0.2) is 0 Å². The Labute approximate surface area is 102 Å². The van der Waals surface area contributed by atoms with E-state index >= 15 is 0 Å². The van der Waals surface area contributed by atoms with E-state index in [9.17, 15) is 9.59 Å². The Bertz CT molecular complexity index is 263. The molecular formula is C10H20ClN3O2. The van der Waals surface area contributed by atoms with Crippen LogP contribution in [0.4, 0.5) is 0 Å². The molecule has 0 aromatic carbocycles. The molecule has 94 valence electrons. The number of nitrogens with one attached hydrogen (secondary N) is 2. The van der Waals surface area contributed by atoms with Gasteiger partial charge in [0.1, 0.15) is 0 Å². The molecule has 0 bridgehead atoms. The molecular weight excluding hydrogens is 230 g/mol. The third kappa shape index (κ3) is 3.64. The van der Waals surface area contributed by atoms with Gasteiger partial charge in [-0.25, -0.2) is 0 Å². The summed E-state index contributed by atoms with van der Waals surface area (Å²) in [7, 11) is 3.35. The molecule has 0 radical (unpaired) electrons. The van der Waals surface area contributed by atoms with Crippen LogP contribution < -0.4 is 10.6 Å². The monoisotopic (exact) mass is 249 g/mol. The van der Waals surface area contributed by atoms with Gasteiger partial charge < -0.3 is 15.5 Å². The summed E-state index contributed by atoms with van der Waals surface area (Å²) < 4.78 is 0. The van der Waals surface area contributed by atoms with E-state index in [0.717, 1.165) is 13.0 Å². The predicted octanol–water partition coefficient (Wildman–Crippen LogP) is -0.388. The topological polar surface area (TPSA) is 61.4 Å². The lowest BCUT2D eigenvalue weighted by molar-refractivity contribution is -0.134. The first-order chi connectivity index (χ1) is 6.96. The highest BCUT2D eigenvalue weighted by Gasteiger charge is 2.36. The minimum Gasteiger partial charge on any atom is -0.347 e. The lowest BCUT2D eigenvalue weighted by Gasteiger charge is -2.21.